The van der Waals surface area contributed by atoms with Crippen molar-refractivity contribution < 1.29 is 9.53 Å². The molecule has 0 saturated heterocycles. The van der Waals surface area contributed by atoms with Crippen molar-refractivity contribution in [1.82, 2.24) is 0 Å². The van der Waals surface area contributed by atoms with E-state index in [0.717, 1.165) is 29.3 Å². The molecule has 1 aromatic rings. The number of rotatable bonds is 4. The summed E-state index contributed by atoms with van der Waals surface area (Å²) in [4.78, 5) is 19.8. The quantitative estimate of drug-likeness (QED) is 0.723. The van der Waals surface area contributed by atoms with Gasteiger partial charge in [0.25, 0.3) is 5.91 Å². The third kappa shape index (κ3) is 2.93. The number of alkyl halides is 1. The normalized spacial score (nSPS) is 24.2. The first kappa shape index (κ1) is 17.0. The van der Waals surface area contributed by atoms with Crippen molar-refractivity contribution in [3.63, 3.8) is 0 Å². The van der Waals surface area contributed by atoms with Gasteiger partial charge in [-0.2, -0.15) is 0 Å². The Hall–Kier alpha value is -1.88. The van der Waals surface area contributed by atoms with E-state index in [4.69, 9.17) is 9.73 Å². The number of nitrogens with zero attached hydrogens (tertiary/aromatic N) is 2. The summed E-state index contributed by atoms with van der Waals surface area (Å²) >= 11 is 3.59. The van der Waals surface area contributed by atoms with Crippen LogP contribution in [-0.2, 0) is 4.79 Å². The van der Waals surface area contributed by atoms with Crippen LogP contribution in [0.15, 0.2) is 53.1 Å². The molecule has 1 aromatic carbocycles. The molecular weight excluding hydrogens is 368 g/mol. The van der Waals surface area contributed by atoms with Gasteiger partial charge in [-0.3, -0.25) is 14.7 Å². The van der Waals surface area contributed by atoms with E-state index in [9.17, 15) is 4.79 Å². The van der Waals surface area contributed by atoms with Gasteiger partial charge in [0.2, 0.25) is 0 Å². The molecule has 2 unspecified atom stereocenters. The van der Waals surface area contributed by atoms with Gasteiger partial charge in [0.05, 0.1) is 22.7 Å². The van der Waals surface area contributed by atoms with Crippen LogP contribution in [-0.4, -0.2) is 28.7 Å². The molecule has 0 radical (unpaired) electrons. The Balaban J connectivity index is 2.06. The molecule has 0 bridgehead atoms. The number of ether oxygens (including phenoxy) is 1. The number of amides is 1. The fourth-order valence-corrected chi connectivity index (χ4v) is 3.37. The summed E-state index contributed by atoms with van der Waals surface area (Å²) in [5.41, 5.74) is 1.05. The summed E-state index contributed by atoms with van der Waals surface area (Å²) in [5.74, 6) is 1.52. The number of carbonyl (C=O) groups is 1. The molecule has 0 aromatic heterocycles. The molecule has 1 heterocycles. The summed E-state index contributed by atoms with van der Waals surface area (Å²) in [6.45, 7) is 6.57. The van der Waals surface area contributed by atoms with Crippen LogP contribution >= 0.6 is 15.9 Å². The van der Waals surface area contributed by atoms with E-state index in [1.54, 1.807) is 4.90 Å². The Bertz CT molecular complexity index is 734. The van der Waals surface area contributed by atoms with Gasteiger partial charge in [-0.05, 0) is 51.5 Å². The summed E-state index contributed by atoms with van der Waals surface area (Å²) in [7, 11) is 0. The van der Waals surface area contributed by atoms with Crippen LogP contribution in [0, 0.1) is 0 Å². The zero-order chi connectivity index (χ0) is 17.3. The Labute approximate surface area is 151 Å². The minimum atomic E-state index is -0.481. The summed E-state index contributed by atoms with van der Waals surface area (Å²) in [6.07, 6.45) is 6.62. The lowest BCUT2D eigenvalue weighted by atomic mass is 9.83. The lowest BCUT2D eigenvalue weighted by Gasteiger charge is -2.40. The number of benzene rings is 1. The summed E-state index contributed by atoms with van der Waals surface area (Å²) in [5, 5.41) is 0. The Morgan fingerprint density at radius 1 is 1.38 bits per heavy atom. The number of amidine groups is 1. The minimum Gasteiger partial charge on any atom is -0.494 e. The summed E-state index contributed by atoms with van der Waals surface area (Å²) < 4.78 is 5.49. The van der Waals surface area contributed by atoms with Crippen LogP contribution in [0.5, 0.6) is 5.75 Å². The van der Waals surface area contributed by atoms with Gasteiger partial charge < -0.3 is 4.74 Å². The molecule has 0 saturated carbocycles. The van der Waals surface area contributed by atoms with Crippen molar-refractivity contribution >= 4 is 33.4 Å². The van der Waals surface area contributed by atoms with E-state index >= 15 is 0 Å². The standard InChI is InChI=1S/C19H21BrN2O2/c1-4-24-15-10-8-14(9-11-15)22-17(13(2)20)21-19(3)12-6-5-7-16(19)18(22)23/h5-11,13H,4,12H2,1-3H3. The lowest BCUT2D eigenvalue weighted by Crippen LogP contribution is -2.52. The van der Waals surface area contributed by atoms with E-state index in [0.29, 0.717) is 6.61 Å². The Morgan fingerprint density at radius 2 is 2.08 bits per heavy atom. The van der Waals surface area contributed by atoms with E-state index < -0.39 is 5.54 Å². The molecule has 0 fully saturated rings. The highest BCUT2D eigenvalue weighted by molar-refractivity contribution is 9.10. The smallest absolute Gasteiger partial charge is 0.262 e. The van der Waals surface area contributed by atoms with E-state index in [2.05, 4.69) is 22.0 Å². The number of aliphatic imine (C=N–C) groups is 1. The molecule has 1 aliphatic heterocycles. The van der Waals surface area contributed by atoms with Gasteiger partial charge in [0, 0.05) is 5.57 Å². The SMILES string of the molecule is CCOc1ccc(N2C(=O)C3=CC=CCC3(C)N=C2C(C)Br)cc1. The zero-order valence-electron chi connectivity index (χ0n) is 14.1. The van der Waals surface area contributed by atoms with Crippen molar-refractivity contribution in [3.8, 4) is 5.75 Å². The first-order valence-electron chi connectivity index (χ1n) is 8.14. The zero-order valence-corrected chi connectivity index (χ0v) is 15.7. The van der Waals surface area contributed by atoms with Gasteiger partial charge >= 0.3 is 0 Å². The molecule has 2 atom stereocenters. The highest BCUT2D eigenvalue weighted by Gasteiger charge is 2.43. The Morgan fingerprint density at radius 3 is 2.71 bits per heavy atom. The van der Waals surface area contributed by atoms with E-state index in [1.807, 2.05) is 57.2 Å². The second-order valence-corrected chi connectivity index (χ2v) is 7.51. The van der Waals surface area contributed by atoms with Crippen molar-refractivity contribution in [3.05, 3.63) is 48.1 Å². The maximum atomic E-state index is 13.2. The topological polar surface area (TPSA) is 41.9 Å². The number of carbonyl (C=O) groups excluding carboxylic acids is 1. The van der Waals surface area contributed by atoms with Gasteiger partial charge in [0.15, 0.2) is 0 Å². The van der Waals surface area contributed by atoms with Crippen LogP contribution in [0.1, 0.15) is 27.2 Å². The lowest BCUT2D eigenvalue weighted by molar-refractivity contribution is -0.115. The first-order valence-corrected chi connectivity index (χ1v) is 9.06. The van der Waals surface area contributed by atoms with Crippen molar-refractivity contribution in [2.45, 2.75) is 37.6 Å². The maximum absolute atomic E-state index is 13.2. The third-order valence-corrected chi connectivity index (χ3v) is 4.69. The van der Waals surface area contributed by atoms with Crippen LogP contribution < -0.4 is 9.64 Å². The van der Waals surface area contributed by atoms with Gasteiger partial charge in [-0.1, -0.05) is 34.2 Å². The molecule has 0 N–H and O–H groups in total. The number of anilines is 1. The number of hydrogen-bond acceptors (Lipinski definition) is 3. The first-order chi connectivity index (χ1) is 11.5. The fourth-order valence-electron chi connectivity index (χ4n) is 3.06. The molecule has 2 aliphatic rings. The molecule has 1 amide bonds. The average Bonchev–Trinajstić information content (AvgIpc) is 2.55. The third-order valence-electron chi connectivity index (χ3n) is 4.28. The second kappa shape index (κ2) is 6.55. The molecule has 126 valence electrons. The molecule has 24 heavy (non-hydrogen) atoms. The van der Waals surface area contributed by atoms with Crippen molar-refractivity contribution in [1.29, 1.82) is 0 Å². The predicted octanol–water partition coefficient (Wildman–Crippen LogP) is 4.26. The van der Waals surface area contributed by atoms with Crippen molar-refractivity contribution in [2.75, 3.05) is 11.5 Å². The highest BCUT2D eigenvalue weighted by Crippen LogP contribution is 2.37. The van der Waals surface area contributed by atoms with Crippen LogP contribution in [0.2, 0.25) is 0 Å². The van der Waals surface area contributed by atoms with Gasteiger partial charge in [-0.25, -0.2) is 0 Å². The van der Waals surface area contributed by atoms with Crippen LogP contribution in [0.3, 0.4) is 0 Å². The van der Waals surface area contributed by atoms with Crippen LogP contribution in [0.4, 0.5) is 5.69 Å². The van der Waals surface area contributed by atoms with E-state index in [-0.39, 0.29) is 10.7 Å². The van der Waals surface area contributed by atoms with Gasteiger partial charge in [0.1, 0.15) is 11.6 Å². The number of fused-ring (bicyclic) bond motifs is 1. The Kier molecular flexibility index (Phi) is 4.63. The molecule has 4 nitrogen and oxygen atoms in total. The molecular formula is C19H21BrN2O2. The molecule has 0 spiro atoms. The van der Waals surface area contributed by atoms with Gasteiger partial charge in [-0.15, -0.1) is 0 Å². The maximum Gasteiger partial charge on any atom is 0.262 e. The predicted molar refractivity (Wildman–Crippen MR) is 101 cm³/mol. The molecule has 1 aliphatic carbocycles. The summed E-state index contributed by atoms with van der Waals surface area (Å²) in [6, 6.07) is 7.56. The van der Waals surface area contributed by atoms with Crippen molar-refractivity contribution in [2.24, 2.45) is 4.99 Å². The monoisotopic (exact) mass is 388 g/mol. The van der Waals surface area contributed by atoms with E-state index in [1.165, 1.54) is 0 Å². The number of allylic oxidation sites excluding steroid dienone is 2. The number of halogens is 1. The number of hydrogen-bond donors (Lipinski definition) is 0. The molecule has 3 rings (SSSR count). The average molecular weight is 389 g/mol. The molecule has 5 heteroatoms. The minimum absolute atomic E-state index is 0.0118. The highest BCUT2D eigenvalue weighted by atomic mass is 79.9. The second-order valence-electron chi connectivity index (χ2n) is 6.14. The van der Waals surface area contributed by atoms with Crippen LogP contribution in [0.25, 0.3) is 0 Å². The fraction of sp³-hybridized carbons (Fsp3) is 0.368. The largest absolute Gasteiger partial charge is 0.494 e.